The SMILES string of the molecule is CCCCCOc1ccc(C2/C(=C(\O)c3cc(C)ccc3C)C(=O)C(=O)N2c2nc(C)c(C(=O)OC)s2)cc1. The first-order valence-electron chi connectivity index (χ1n) is 12.8. The fourth-order valence-corrected chi connectivity index (χ4v) is 5.55. The lowest BCUT2D eigenvalue weighted by Gasteiger charge is -2.23. The number of aliphatic hydroxyl groups excluding tert-OH is 1. The number of aromatic nitrogens is 1. The number of amides is 1. The Hall–Kier alpha value is -3.98. The van der Waals surface area contributed by atoms with Crippen LogP contribution < -0.4 is 9.64 Å². The van der Waals surface area contributed by atoms with E-state index in [-0.39, 0.29) is 21.3 Å². The van der Waals surface area contributed by atoms with Gasteiger partial charge in [-0.05, 0) is 56.5 Å². The molecule has 8 nitrogen and oxygen atoms in total. The zero-order valence-electron chi connectivity index (χ0n) is 22.7. The standard InChI is InChI=1S/C30H32N2O6S/c1-6-7-8-15-38-21-13-11-20(12-14-21)24-23(25(33)22-16-17(2)9-10-18(22)3)26(34)28(35)32(24)30-31-19(4)27(39-30)29(36)37-5/h9-14,16,24,33H,6-8,15H2,1-5H3/b25-23+. The molecule has 1 fully saturated rings. The van der Waals surface area contributed by atoms with Crippen LogP contribution in [0.4, 0.5) is 5.13 Å². The summed E-state index contributed by atoms with van der Waals surface area (Å²) in [5, 5.41) is 11.6. The summed E-state index contributed by atoms with van der Waals surface area (Å²) < 4.78 is 10.7. The molecule has 1 atom stereocenters. The number of hydrogen-bond acceptors (Lipinski definition) is 8. The molecule has 2 heterocycles. The predicted molar refractivity (Wildman–Crippen MR) is 150 cm³/mol. The summed E-state index contributed by atoms with van der Waals surface area (Å²) in [5.41, 5.74) is 3.06. The van der Waals surface area contributed by atoms with Gasteiger partial charge >= 0.3 is 11.9 Å². The van der Waals surface area contributed by atoms with Crippen LogP contribution in [0, 0.1) is 20.8 Å². The number of hydrogen-bond donors (Lipinski definition) is 1. The van der Waals surface area contributed by atoms with Gasteiger partial charge in [0.1, 0.15) is 16.4 Å². The molecule has 1 aliphatic rings. The van der Waals surface area contributed by atoms with Crippen LogP contribution in [0.25, 0.3) is 5.76 Å². The van der Waals surface area contributed by atoms with Crippen molar-refractivity contribution >= 4 is 39.9 Å². The summed E-state index contributed by atoms with van der Waals surface area (Å²) in [6.45, 7) is 8.07. The minimum Gasteiger partial charge on any atom is -0.507 e. The molecule has 1 N–H and O–H groups in total. The van der Waals surface area contributed by atoms with Crippen molar-refractivity contribution in [2.45, 2.75) is 53.0 Å². The summed E-state index contributed by atoms with van der Waals surface area (Å²) in [4.78, 5) is 45.1. The number of methoxy groups -OCH3 is 1. The quantitative estimate of drug-likeness (QED) is 0.114. The normalized spacial score (nSPS) is 16.5. The van der Waals surface area contributed by atoms with E-state index in [1.807, 2.05) is 26.0 Å². The molecule has 0 saturated carbocycles. The van der Waals surface area contributed by atoms with Crippen LogP contribution in [-0.2, 0) is 14.3 Å². The minimum absolute atomic E-state index is 0.0437. The highest BCUT2D eigenvalue weighted by atomic mass is 32.1. The predicted octanol–water partition coefficient (Wildman–Crippen LogP) is 6.05. The lowest BCUT2D eigenvalue weighted by atomic mass is 9.93. The molecule has 39 heavy (non-hydrogen) atoms. The Bertz CT molecular complexity index is 1440. The summed E-state index contributed by atoms with van der Waals surface area (Å²) in [7, 11) is 1.27. The van der Waals surface area contributed by atoms with Crippen LogP contribution in [0.2, 0.25) is 0 Å². The van der Waals surface area contributed by atoms with Crippen LogP contribution >= 0.6 is 11.3 Å². The van der Waals surface area contributed by atoms with Gasteiger partial charge in [0.25, 0.3) is 5.78 Å². The molecule has 1 aromatic heterocycles. The van der Waals surface area contributed by atoms with Crippen molar-refractivity contribution in [3.8, 4) is 5.75 Å². The first-order valence-corrected chi connectivity index (χ1v) is 13.7. The largest absolute Gasteiger partial charge is 0.507 e. The Balaban J connectivity index is 1.84. The third kappa shape index (κ3) is 5.59. The van der Waals surface area contributed by atoms with Gasteiger partial charge in [-0.1, -0.05) is 60.9 Å². The van der Waals surface area contributed by atoms with E-state index < -0.39 is 23.7 Å². The van der Waals surface area contributed by atoms with Gasteiger partial charge in [0.05, 0.1) is 31.0 Å². The van der Waals surface area contributed by atoms with E-state index in [1.54, 1.807) is 37.3 Å². The molecule has 3 aromatic rings. The van der Waals surface area contributed by atoms with Crippen molar-refractivity contribution in [1.82, 2.24) is 4.98 Å². The van der Waals surface area contributed by atoms with Gasteiger partial charge in [-0.3, -0.25) is 14.5 Å². The third-order valence-electron chi connectivity index (χ3n) is 6.67. The Kier molecular flexibility index (Phi) is 8.50. The average molecular weight is 549 g/mol. The number of thiazole rings is 1. The Labute approximate surface area is 231 Å². The zero-order chi connectivity index (χ0) is 28.3. The molecule has 0 spiro atoms. The van der Waals surface area contributed by atoms with E-state index in [4.69, 9.17) is 9.47 Å². The number of ketones is 1. The number of ether oxygens (including phenoxy) is 2. The van der Waals surface area contributed by atoms with Gasteiger partial charge < -0.3 is 14.6 Å². The molecule has 0 aliphatic carbocycles. The van der Waals surface area contributed by atoms with Crippen LogP contribution in [0.1, 0.15) is 69.8 Å². The molecule has 1 amide bonds. The van der Waals surface area contributed by atoms with Crippen molar-refractivity contribution in [3.63, 3.8) is 0 Å². The summed E-state index contributed by atoms with van der Waals surface area (Å²) in [5.74, 6) is -1.84. The van der Waals surface area contributed by atoms with E-state index in [9.17, 15) is 19.5 Å². The van der Waals surface area contributed by atoms with Gasteiger partial charge in [-0.2, -0.15) is 0 Å². The lowest BCUT2D eigenvalue weighted by molar-refractivity contribution is -0.132. The summed E-state index contributed by atoms with van der Waals surface area (Å²) >= 11 is 0.966. The second-order valence-electron chi connectivity index (χ2n) is 9.51. The number of aryl methyl sites for hydroxylation is 3. The van der Waals surface area contributed by atoms with Gasteiger partial charge in [-0.25, -0.2) is 9.78 Å². The van der Waals surface area contributed by atoms with Gasteiger partial charge in [0.15, 0.2) is 5.13 Å². The molecule has 2 aromatic carbocycles. The van der Waals surface area contributed by atoms with Gasteiger partial charge in [0, 0.05) is 5.56 Å². The first-order chi connectivity index (χ1) is 18.7. The Morgan fingerprint density at radius 2 is 1.79 bits per heavy atom. The molecular formula is C30H32N2O6S. The minimum atomic E-state index is -0.963. The molecule has 0 radical (unpaired) electrons. The van der Waals surface area contributed by atoms with E-state index >= 15 is 0 Å². The van der Waals surface area contributed by atoms with Crippen LogP contribution in [0.15, 0.2) is 48.0 Å². The first kappa shape index (κ1) is 28.0. The highest BCUT2D eigenvalue weighted by molar-refractivity contribution is 7.17. The zero-order valence-corrected chi connectivity index (χ0v) is 23.6. The van der Waals surface area contributed by atoms with E-state index in [0.717, 1.165) is 41.7 Å². The maximum Gasteiger partial charge on any atom is 0.350 e. The number of rotatable bonds is 9. The fourth-order valence-electron chi connectivity index (χ4n) is 4.54. The number of aliphatic hydroxyl groups is 1. The fraction of sp³-hybridized carbons (Fsp3) is 0.333. The second-order valence-corrected chi connectivity index (χ2v) is 10.5. The van der Waals surface area contributed by atoms with Crippen LogP contribution in [0.5, 0.6) is 5.75 Å². The topological polar surface area (TPSA) is 106 Å². The number of anilines is 1. The molecular weight excluding hydrogens is 516 g/mol. The second kappa shape index (κ2) is 11.8. The molecule has 1 aliphatic heterocycles. The monoisotopic (exact) mass is 548 g/mol. The van der Waals surface area contributed by atoms with E-state index in [2.05, 4.69) is 11.9 Å². The van der Waals surface area contributed by atoms with E-state index in [1.165, 1.54) is 12.0 Å². The highest BCUT2D eigenvalue weighted by Crippen LogP contribution is 2.44. The lowest BCUT2D eigenvalue weighted by Crippen LogP contribution is -2.29. The molecule has 204 valence electrons. The molecule has 1 unspecified atom stereocenters. The molecule has 1 saturated heterocycles. The maximum absolute atomic E-state index is 13.5. The number of nitrogens with zero attached hydrogens (tertiary/aromatic N) is 2. The third-order valence-corrected chi connectivity index (χ3v) is 7.80. The number of carbonyl (C=O) groups is 3. The molecule has 4 rings (SSSR count). The number of esters is 1. The number of carbonyl (C=O) groups excluding carboxylic acids is 3. The van der Waals surface area contributed by atoms with Gasteiger partial charge in [0.2, 0.25) is 0 Å². The van der Waals surface area contributed by atoms with Crippen LogP contribution in [0.3, 0.4) is 0 Å². The summed E-state index contributed by atoms with van der Waals surface area (Å²) in [6, 6.07) is 11.7. The molecule has 0 bridgehead atoms. The van der Waals surface area contributed by atoms with Crippen molar-refractivity contribution in [2.75, 3.05) is 18.6 Å². The summed E-state index contributed by atoms with van der Waals surface area (Å²) in [6.07, 6.45) is 3.11. The highest BCUT2D eigenvalue weighted by Gasteiger charge is 2.48. The van der Waals surface area contributed by atoms with E-state index in [0.29, 0.717) is 29.2 Å². The Morgan fingerprint density at radius 3 is 2.46 bits per heavy atom. The maximum atomic E-state index is 13.5. The van der Waals surface area contributed by atoms with Crippen molar-refractivity contribution in [1.29, 1.82) is 0 Å². The smallest absolute Gasteiger partial charge is 0.350 e. The van der Waals surface area contributed by atoms with Crippen molar-refractivity contribution < 1.29 is 29.0 Å². The number of benzene rings is 2. The van der Waals surface area contributed by atoms with Crippen molar-refractivity contribution in [3.05, 3.63) is 80.9 Å². The van der Waals surface area contributed by atoms with Gasteiger partial charge in [-0.15, -0.1) is 0 Å². The number of Topliss-reactive ketones (excluding diaryl/α,β-unsaturated/α-hetero) is 1. The van der Waals surface area contributed by atoms with Crippen molar-refractivity contribution in [2.24, 2.45) is 0 Å². The Morgan fingerprint density at radius 1 is 1.08 bits per heavy atom. The average Bonchev–Trinajstić information content (AvgIpc) is 3.44. The van der Waals surface area contributed by atoms with Crippen LogP contribution in [-0.4, -0.2) is 41.5 Å². The number of unbranched alkanes of at least 4 members (excludes halogenated alkanes) is 2. The molecule has 9 heteroatoms.